The van der Waals surface area contributed by atoms with Crippen molar-refractivity contribution in [3.8, 4) is 0 Å². The van der Waals surface area contributed by atoms with Crippen LogP contribution in [0, 0.1) is 6.92 Å². The Morgan fingerprint density at radius 1 is 1.04 bits per heavy atom. The van der Waals surface area contributed by atoms with E-state index in [1.54, 1.807) is 12.1 Å². The van der Waals surface area contributed by atoms with E-state index in [0.29, 0.717) is 11.6 Å². The Hall–Kier alpha value is -3.42. The molecule has 2 aromatic heterocycles. The van der Waals surface area contributed by atoms with Crippen molar-refractivity contribution in [1.29, 1.82) is 0 Å². The second-order valence-corrected chi connectivity index (χ2v) is 6.77. The molecule has 8 heteroatoms. The summed E-state index contributed by atoms with van der Waals surface area (Å²) < 4.78 is 4.85. The van der Waals surface area contributed by atoms with Crippen LogP contribution in [0.3, 0.4) is 0 Å². The SMILES string of the molecule is Cc1cc(N2CCCCC2)nc(Nc2ccc(NC(=O)c3ccno3)cc2)n1. The number of hydrogen-bond acceptors (Lipinski definition) is 7. The number of amides is 1. The number of carbonyl (C=O) groups is 1. The van der Waals surface area contributed by atoms with Crippen LogP contribution in [0.4, 0.5) is 23.1 Å². The Morgan fingerprint density at radius 3 is 2.50 bits per heavy atom. The van der Waals surface area contributed by atoms with Gasteiger partial charge in [0.25, 0.3) is 5.91 Å². The number of benzene rings is 1. The first kappa shape index (κ1) is 18.0. The van der Waals surface area contributed by atoms with Gasteiger partial charge >= 0.3 is 0 Å². The molecule has 1 amide bonds. The van der Waals surface area contributed by atoms with Crippen LogP contribution < -0.4 is 15.5 Å². The highest BCUT2D eigenvalue weighted by Gasteiger charge is 2.14. The summed E-state index contributed by atoms with van der Waals surface area (Å²) in [6.45, 7) is 4.05. The summed E-state index contributed by atoms with van der Waals surface area (Å²) in [5.74, 6) is 1.36. The predicted octanol–water partition coefficient (Wildman–Crippen LogP) is 3.76. The molecular weight excluding hydrogens is 356 g/mol. The smallest absolute Gasteiger partial charge is 0.294 e. The Bertz CT molecular complexity index is 934. The van der Waals surface area contributed by atoms with Crippen LogP contribution in [0.15, 0.2) is 47.1 Å². The van der Waals surface area contributed by atoms with Gasteiger partial charge in [0, 0.05) is 42.3 Å². The van der Waals surface area contributed by atoms with Crippen LogP contribution in [0.25, 0.3) is 0 Å². The lowest BCUT2D eigenvalue weighted by molar-refractivity contribution is 0.0988. The summed E-state index contributed by atoms with van der Waals surface area (Å²) >= 11 is 0. The Kier molecular flexibility index (Phi) is 5.18. The molecule has 3 heterocycles. The molecule has 0 bridgehead atoms. The van der Waals surface area contributed by atoms with Crippen molar-refractivity contribution in [1.82, 2.24) is 15.1 Å². The fourth-order valence-electron chi connectivity index (χ4n) is 3.18. The molecule has 1 aliphatic heterocycles. The number of aryl methyl sites for hydroxylation is 1. The van der Waals surface area contributed by atoms with E-state index in [-0.39, 0.29) is 11.7 Å². The van der Waals surface area contributed by atoms with E-state index in [4.69, 9.17) is 4.52 Å². The van der Waals surface area contributed by atoms with Crippen molar-refractivity contribution in [2.75, 3.05) is 28.6 Å². The molecule has 0 radical (unpaired) electrons. The Labute approximate surface area is 163 Å². The average Bonchev–Trinajstić information content (AvgIpc) is 3.25. The van der Waals surface area contributed by atoms with Gasteiger partial charge in [-0.3, -0.25) is 4.79 Å². The summed E-state index contributed by atoms with van der Waals surface area (Å²) in [6, 6.07) is 10.9. The molecule has 4 rings (SSSR count). The zero-order chi connectivity index (χ0) is 19.3. The van der Waals surface area contributed by atoms with Crippen LogP contribution in [0.1, 0.15) is 35.5 Å². The molecule has 144 valence electrons. The molecule has 1 aliphatic rings. The van der Waals surface area contributed by atoms with E-state index < -0.39 is 0 Å². The van der Waals surface area contributed by atoms with E-state index in [1.165, 1.54) is 31.5 Å². The van der Waals surface area contributed by atoms with Gasteiger partial charge in [-0.1, -0.05) is 5.16 Å². The standard InChI is InChI=1S/C20H22N6O2/c1-14-13-18(26-11-3-2-4-12-26)25-20(22-14)24-16-7-5-15(6-8-16)23-19(27)17-9-10-21-28-17/h5-10,13H,2-4,11-12H2,1H3,(H,23,27)(H,22,24,25). The summed E-state index contributed by atoms with van der Waals surface area (Å²) in [4.78, 5) is 23.5. The highest BCUT2D eigenvalue weighted by molar-refractivity contribution is 6.02. The van der Waals surface area contributed by atoms with Crippen LogP contribution in [-0.4, -0.2) is 34.1 Å². The topological polar surface area (TPSA) is 96.2 Å². The number of nitrogens with zero attached hydrogens (tertiary/aromatic N) is 4. The van der Waals surface area contributed by atoms with Gasteiger partial charge < -0.3 is 20.1 Å². The molecule has 1 aromatic carbocycles. The predicted molar refractivity (Wildman–Crippen MR) is 107 cm³/mol. The average molecular weight is 378 g/mol. The normalized spacial score (nSPS) is 14.0. The number of anilines is 4. The third-order valence-corrected chi connectivity index (χ3v) is 4.58. The molecule has 0 unspecified atom stereocenters. The molecule has 0 spiro atoms. The van der Waals surface area contributed by atoms with Crippen LogP contribution in [0.5, 0.6) is 0 Å². The van der Waals surface area contributed by atoms with Crippen LogP contribution in [0.2, 0.25) is 0 Å². The first-order valence-electron chi connectivity index (χ1n) is 9.37. The maximum absolute atomic E-state index is 12.0. The molecule has 0 aliphatic carbocycles. The summed E-state index contributed by atoms with van der Waals surface area (Å²) in [7, 11) is 0. The fraction of sp³-hybridized carbons (Fsp3) is 0.300. The lowest BCUT2D eigenvalue weighted by atomic mass is 10.1. The monoisotopic (exact) mass is 378 g/mol. The molecule has 2 N–H and O–H groups in total. The van der Waals surface area contributed by atoms with Gasteiger partial charge in [0.05, 0.1) is 6.20 Å². The van der Waals surface area contributed by atoms with Gasteiger partial charge in [0.15, 0.2) is 0 Å². The van der Waals surface area contributed by atoms with Gasteiger partial charge in [0.2, 0.25) is 11.7 Å². The van der Waals surface area contributed by atoms with E-state index in [9.17, 15) is 4.79 Å². The number of aromatic nitrogens is 3. The highest BCUT2D eigenvalue weighted by Crippen LogP contribution is 2.22. The first-order chi connectivity index (χ1) is 13.7. The van der Waals surface area contributed by atoms with E-state index in [2.05, 4.69) is 30.7 Å². The molecular formula is C20H22N6O2. The first-order valence-corrected chi connectivity index (χ1v) is 9.37. The maximum atomic E-state index is 12.0. The molecule has 28 heavy (non-hydrogen) atoms. The van der Waals surface area contributed by atoms with Crippen molar-refractivity contribution < 1.29 is 9.32 Å². The quantitative estimate of drug-likeness (QED) is 0.698. The van der Waals surface area contributed by atoms with Gasteiger partial charge in [-0.05, 0) is 50.5 Å². The second-order valence-electron chi connectivity index (χ2n) is 6.77. The van der Waals surface area contributed by atoms with Gasteiger partial charge in [-0.15, -0.1) is 0 Å². The van der Waals surface area contributed by atoms with Crippen LogP contribution >= 0.6 is 0 Å². The van der Waals surface area contributed by atoms with Crippen molar-refractivity contribution in [2.45, 2.75) is 26.2 Å². The number of nitrogens with one attached hydrogen (secondary N) is 2. The second kappa shape index (κ2) is 8.08. The minimum Gasteiger partial charge on any atom is -0.356 e. The zero-order valence-electron chi connectivity index (χ0n) is 15.7. The number of rotatable bonds is 5. The molecule has 1 fully saturated rings. The fourth-order valence-corrected chi connectivity index (χ4v) is 3.18. The number of piperidine rings is 1. The van der Waals surface area contributed by atoms with E-state index >= 15 is 0 Å². The highest BCUT2D eigenvalue weighted by atomic mass is 16.5. The van der Waals surface area contributed by atoms with Gasteiger partial charge in [0.1, 0.15) is 5.82 Å². The van der Waals surface area contributed by atoms with Gasteiger partial charge in [-0.2, -0.15) is 4.98 Å². The largest absolute Gasteiger partial charge is 0.356 e. The molecule has 8 nitrogen and oxygen atoms in total. The summed E-state index contributed by atoms with van der Waals surface area (Å²) in [5, 5.41) is 9.53. The molecule has 3 aromatic rings. The van der Waals surface area contributed by atoms with Gasteiger partial charge in [-0.25, -0.2) is 4.98 Å². The lowest BCUT2D eigenvalue weighted by Gasteiger charge is -2.28. The molecule has 1 saturated heterocycles. The third kappa shape index (κ3) is 4.28. The van der Waals surface area contributed by atoms with Crippen molar-refractivity contribution in [3.63, 3.8) is 0 Å². The van der Waals surface area contributed by atoms with E-state index in [0.717, 1.165) is 30.3 Å². The maximum Gasteiger partial charge on any atom is 0.294 e. The minimum absolute atomic E-state index is 0.167. The zero-order valence-corrected chi connectivity index (χ0v) is 15.7. The Balaban J connectivity index is 1.44. The summed E-state index contributed by atoms with van der Waals surface area (Å²) in [5.41, 5.74) is 2.42. The molecule has 0 saturated carbocycles. The van der Waals surface area contributed by atoms with Crippen molar-refractivity contribution in [3.05, 3.63) is 54.0 Å². The number of carbonyl (C=O) groups excluding carboxylic acids is 1. The number of hydrogen-bond donors (Lipinski definition) is 2. The lowest BCUT2D eigenvalue weighted by Crippen LogP contribution is -2.30. The Morgan fingerprint density at radius 2 is 1.79 bits per heavy atom. The van der Waals surface area contributed by atoms with E-state index in [1.807, 2.05) is 25.1 Å². The van der Waals surface area contributed by atoms with Crippen molar-refractivity contribution >= 4 is 29.0 Å². The third-order valence-electron chi connectivity index (χ3n) is 4.58. The van der Waals surface area contributed by atoms with Crippen LogP contribution in [-0.2, 0) is 0 Å². The molecule has 0 atom stereocenters. The minimum atomic E-state index is -0.341. The van der Waals surface area contributed by atoms with Crippen molar-refractivity contribution in [2.24, 2.45) is 0 Å². The summed E-state index contributed by atoms with van der Waals surface area (Å²) in [6.07, 6.45) is 5.12.